The number of anilines is 2. The third kappa shape index (κ3) is 2.97. The third-order valence-corrected chi connectivity index (χ3v) is 4.91. The number of hydrogen-bond acceptors (Lipinski definition) is 3. The van der Waals surface area contributed by atoms with Gasteiger partial charge in [-0.05, 0) is 36.6 Å². The molecule has 2 aromatic carbocycles. The fourth-order valence-corrected chi connectivity index (χ4v) is 3.70. The number of nitrogens with one attached hydrogen (secondary N) is 1. The van der Waals surface area contributed by atoms with Crippen molar-refractivity contribution in [2.75, 3.05) is 36.0 Å². The molecule has 0 aliphatic carbocycles. The Kier molecular flexibility index (Phi) is 4.14. The van der Waals surface area contributed by atoms with E-state index in [1.165, 1.54) is 11.3 Å². The zero-order chi connectivity index (χ0) is 17.2. The van der Waals surface area contributed by atoms with E-state index in [0.29, 0.717) is 12.1 Å². The van der Waals surface area contributed by atoms with Crippen LogP contribution in [0.1, 0.15) is 22.3 Å². The van der Waals surface area contributed by atoms with Crippen LogP contribution in [0.4, 0.5) is 11.4 Å². The van der Waals surface area contributed by atoms with Crippen molar-refractivity contribution >= 4 is 23.2 Å². The van der Waals surface area contributed by atoms with Crippen LogP contribution in [0.25, 0.3) is 0 Å². The first kappa shape index (κ1) is 15.7. The maximum atomic E-state index is 12.7. The van der Waals surface area contributed by atoms with E-state index in [1.807, 2.05) is 35.2 Å². The van der Waals surface area contributed by atoms with E-state index in [-0.39, 0.29) is 18.4 Å². The molecule has 0 aromatic heterocycles. The molecule has 4 rings (SSSR count). The highest BCUT2D eigenvalue weighted by atomic mass is 16.2. The zero-order valence-corrected chi connectivity index (χ0v) is 14.1. The third-order valence-electron chi connectivity index (χ3n) is 4.91. The molecule has 0 bridgehead atoms. The van der Waals surface area contributed by atoms with Crippen LogP contribution < -0.4 is 15.1 Å². The molecule has 0 saturated heterocycles. The lowest BCUT2D eigenvalue weighted by molar-refractivity contribution is -0.117. The maximum absolute atomic E-state index is 12.7. The smallest absolute Gasteiger partial charge is 0.251 e. The van der Waals surface area contributed by atoms with Crippen LogP contribution in [-0.4, -0.2) is 38.0 Å². The van der Waals surface area contributed by atoms with Crippen LogP contribution in [0.15, 0.2) is 48.5 Å². The van der Waals surface area contributed by atoms with Gasteiger partial charge in [0.1, 0.15) is 0 Å². The van der Waals surface area contributed by atoms with Crippen molar-refractivity contribution in [1.29, 1.82) is 0 Å². The van der Waals surface area contributed by atoms with Gasteiger partial charge in [0, 0.05) is 25.2 Å². The summed E-state index contributed by atoms with van der Waals surface area (Å²) >= 11 is 0. The van der Waals surface area contributed by atoms with E-state index in [4.69, 9.17) is 0 Å². The van der Waals surface area contributed by atoms with Crippen molar-refractivity contribution in [3.05, 3.63) is 59.7 Å². The van der Waals surface area contributed by atoms with Crippen molar-refractivity contribution in [3.8, 4) is 0 Å². The summed E-state index contributed by atoms with van der Waals surface area (Å²) in [5.41, 5.74) is 4.05. The minimum atomic E-state index is -0.220. The molecule has 2 heterocycles. The average molecular weight is 335 g/mol. The topological polar surface area (TPSA) is 52.7 Å². The predicted octanol–water partition coefficient (Wildman–Crippen LogP) is 2.22. The highest BCUT2D eigenvalue weighted by Gasteiger charge is 2.30. The minimum absolute atomic E-state index is 0.0113. The number of carbonyl (C=O) groups is 2. The molecule has 5 heteroatoms. The van der Waals surface area contributed by atoms with Crippen LogP contribution in [0, 0.1) is 0 Å². The number of rotatable bonds is 3. The van der Waals surface area contributed by atoms with E-state index in [1.54, 1.807) is 12.1 Å². The SMILES string of the molecule is O=C(NCC(=O)N1CCN2CCCc3cccc1c32)c1ccccc1. The van der Waals surface area contributed by atoms with Crippen LogP contribution in [0.3, 0.4) is 0 Å². The van der Waals surface area contributed by atoms with Gasteiger partial charge < -0.3 is 15.1 Å². The maximum Gasteiger partial charge on any atom is 0.251 e. The van der Waals surface area contributed by atoms with E-state index >= 15 is 0 Å². The molecule has 2 amide bonds. The molecule has 2 aliphatic heterocycles. The molecular weight excluding hydrogens is 314 g/mol. The normalized spacial score (nSPS) is 15.5. The van der Waals surface area contributed by atoms with Crippen molar-refractivity contribution in [1.82, 2.24) is 5.32 Å². The number of benzene rings is 2. The minimum Gasteiger partial charge on any atom is -0.368 e. The van der Waals surface area contributed by atoms with Crippen LogP contribution >= 0.6 is 0 Å². The molecule has 0 radical (unpaired) electrons. The second-order valence-electron chi connectivity index (χ2n) is 6.47. The average Bonchev–Trinajstić information content (AvgIpc) is 2.67. The summed E-state index contributed by atoms with van der Waals surface area (Å²) in [6, 6.07) is 15.1. The number of aryl methyl sites for hydroxylation is 1. The Bertz CT molecular complexity index is 804. The quantitative estimate of drug-likeness (QED) is 0.936. The Morgan fingerprint density at radius 2 is 1.80 bits per heavy atom. The van der Waals surface area contributed by atoms with Gasteiger partial charge in [-0.15, -0.1) is 0 Å². The molecule has 0 saturated carbocycles. The van der Waals surface area contributed by atoms with E-state index in [0.717, 1.165) is 31.6 Å². The van der Waals surface area contributed by atoms with Gasteiger partial charge in [-0.3, -0.25) is 9.59 Å². The summed E-state index contributed by atoms with van der Waals surface area (Å²) in [5, 5.41) is 2.74. The number of nitrogens with zero attached hydrogens (tertiary/aromatic N) is 2. The van der Waals surface area contributed by atoms with E-state index in [2.05, 4.69) is 16.3 Å². The van der Waals surface area contributed by atoms with Crippen LogP contribution in [0.2, 0.25) is 0 Å². The summed E-state index contributed by atoms with van der Waals surface area (Å²) in [7, 11) is 0. The molecule has 0 unspecified atom stereocenters. The lowest BCUT2D eigenvalue weighted by Gasteiger charge is -2.41. The molecule has 0 spiro atoms. The summed E-state index contributed by atoms with van der Waals surface area (Å²) < 4.78 is 0. The molecular formula is C20H21N3O2. The van der Waals surface area contributed by atoms with Gasteiger partial charge in [0.05, 0.1) is 17.9 Å². The van der Waals surface area contributed by atoms with Crippen LogP contribution in [0.5, 0.6) is 0 Å². The molecule has 0 atom stereocenters. The van der Waals surface area contributed by atoms with Gasteiger partial charge >= 0.3 is 0 Å². The summed E-state index contributed by atoms with van der Waals surface area (Å²) in [6.07, 6.45) is 2.23. The monoisotopic (exact) mass is 335 g/mol. The Morgan fingerprint density at radius 1 is 0.960 bits per heavy atom. The number of para-hydroxylation sites is 1. The Labute approximate surface area is 147 Å². The van der Waals surface area contributed by atoms with Gasteiger partial charge in [0.25, 0.3) is 5.91 Å². The van der Waals surface area contributed by atoms with E-state index < -0.39 is 0 Å². The zero-order valence-electron chi connectivity index (χ0n) is 14.1. The van der Waals surface area contributed by atoms with Gasteiger partial charge in [-0.25, -0.2) is 0 Å². The summed E-state index contributed by atoms with van der Waals surface area (Å²) in [5.74, 6) is -0.286. The fraction of sp³-hybridized carbons (Fsp3) is 0.300. The molecule has 1 N–H and O–H groups in total. The largest absolute Gasteiger partial charge is 0.368 e. The first-order valence-corrected chi connectivity index (χ1v) is 8.74. The number of amides is 2. The van der Waals surface area contributed by atoms with Gasteiger partial charge in [0.2, 0.25) is 5.91 Å². The van der Waals surface area contributed by atoms with Gasteiger partial charge in [-0.1, -0.05) is 30.3 Å². The van der Waals surface area contributed by atoms with Crippen molar-refractivity contribution < 1.29 is 9.59 Å². The molecule has 2 aromatic rings. The van der Waals surface area contributed by atoms with Crippen molar-refractivity contribution in [2.45, 2.75) is 12.8 Å². The molecule has 5 nitrogen and oxygen atoms in total. The Morgan fingerprint density at radius 3 is 2.64 bits per heavy atom. The van der Waals surface area contributed by atoms with Crippen molar-refractivity contribution in [2.24, 2.45) is 0 Å². The summed E-state index contributed by atoms with van der Waals surface area (Å²) in [4.78, 5) is 29.0. The summed E-state index contributed by atoms with van der Waals surface area (Å²) in [6.45, 7) is 2.58. The lowest BCUT2D eigenvalue weighted by atomic mass is 9.98. The van der Waals surface area contributed by atoms with Crippen molar-refractivity contribution in [3.63, 3.8) is 0 Å². The Hall–Kier alpha value is -2.82. The van der Waals surface area contributed by atoms with E-state index in [9.17, 15) is 9.59 Å². The molecule has 128 valence electrons. The molecule has 0 fully saturated rings. The first-order valence-electron chi connectivity index (χ1n) is 8.74. The number of carbonyl (C=O) groups excluding carboxylic acids is 2. The van der Waals surface area contributed by atoms with Gasteiger partial charge in [0.15, 0.2) is 0 Å². The van der Waals surface area contributed by atoms with Gasteiger partial charge in [-0.2, -0.15) is 0 Å². The standard InChI is InChI=1S/C20H21N3O2/c24-18(14-21-20(25)16-6-2-1-3-7-16)23-13-12-22-11-5-9-15-8-4-10-17(23)19(15)22/h1-4,6-8,10H,5,9,11-14H2,(H,21,25). The first-order chi connectivity index (χ1) is 12.2. The molecule has 25 heavy (non-hydrogen) atoms. The fourth-order valence-electron chi connectivity index (χ4n) is 3.70. The highest BCUT2D eigenvalue weighted by molar-refractivity contribution is 6.02. The second kappa shape index (κ2) is 6.59. The lowest BCUT2D eigenvalue weighted by Crippen LogP contribution is -2.49. The molecule has 2 aliphatic rings. The second-order valence-corrected chi connectivity index (χ2v) is 6.47. The number of hydrogen-bond donors (Lipinski definition) is 1. The Balaban J connectivity index is 1.49. The highest BCUT2D eigenvalue weighted by Crippen LogP contribution is 2.39. The van der Waals surface area contributed by atoms with Crippen LogP contribution in [-0.2, 0) is 11.2 Å². The predicted molar refractivity (Wildman–Crippen MR) is 98.1 cm³/mol.